The Bertz CT molecular complexity index is 515. The molecule has 2 bridgehead atoms. The van der Waals surface area contributed by atoms with Crippen LogP contribution in [0.25, 0.3) is 0 Å². The van der Waals surface area contributed by atoms with Crippen molar-refractivity contribution in [2.24, 2.45) is 17.8 Å². The number of halogens is 2. The molecule has 0 radical (unpaired) electrons. The number of aliphatic carboxylic acids is 1. The second kappa shape index (κ2) is 4.99. The van der Waals surface area contributed by atoms with Gasteiger partial charge < -0.3 is 5.11 Å². The summed E-state index contributed by atoms with van der Waals surface area (Å²) >= 11 is 11.9. The lowest BCUT2D eigenvalue weighted by atomic mass is 9.76. The molecule has 4 atom stereocenters. The molecule has 0 spiro atoms. The molecule has 4 heteroatoms. The van der Waals surface area contributed by atoms with Gasteiger partial charge in [0.2, 0.25) is 0 Å². The van der Waals surface area contributed by atoms with Gasteiger partial charge in [-0.05, 0) is 54.7 Å². The van der Waals surface area contributed by atoms with Gasteiger partial charge in [-0.25, -0.2) is 0 Å². The second-order valence-corrected chi connectivity index (χ2v) is 6.64. The number of hydrogen-bond donors (Lipinski definition) is 1. The van der Waals surface area contributed by atoms with Gasteiger partial charge in [-0.2, -0.15) is 0 Å². The summed E-state index contributed by atoms with van der Waals surface area (Å²) in [4.78, 5) is 11.7. The Morgan fingerprint density at radius 1 is 1.21 bits per heavy atom. The molecule has 2 nitrogen and oxygen atoms in total. The smallest absolute Gasteiger partial charge is 0.311 e. The number of carbonyl (C=O) groups is 1. The van der Waals surface area contributed by atoms with Crippen molar-refractivity contribution < 1.29 is 9.90 Å². The van der Waals surface area contributed by atoms with Crippen LogP contribution in [-0.4, -0.2) is 11.1 Å². The topological polar surface area (TPSA) is 37.3 Å². The van der Waals surface area contributed by atoms with Crippen molar-refractivity contribution in [3.63, 3.8) is 0 Å². The largest absolute Gasteiger partial charge is 0.481 e. The van der Waals surface area contributed by atoms with Crippen LogP contribution in [0, 0.1) is 17.8 Å². The predicted octanol–water partition coefficient (Wildman–Crippen LogP) is 4.60. The molecule has 4 unspecified atom stereocenters. The van der Waals surface area contributed by atoms with E-state index in [9.17, 15) is 9.90 Å². The van der Waals surface area contributed by atoms with Crippen LogP contribution < -0.4 is 0 Å². The van der Waals surface area contributed by atoms with E-state index in [1.54, 1.807) is 18.2 Å². The number of carboxylic acids is 1. The molecule has 102 valence electrons. The lowest BCUT2D eigenvalue weighted by Crippen LogP contribution is -2.26. The molecule has 1 aromatic carbocycles. The molecule has 0 amide bonds. The minimum atomic E-state index is -0.740. The van der Waals surface area contributed by atoms with Gasteiger partial charge in [-0.1, -0.05) is 35.7 Å². The van der Waals surface area contributed by atoms with E-state index in [1.807, 2.05) is 0 Å². The van der Waals surface area contributed by atoms with E-state index < -0.39 is 11.9 Å². The summed E-state index contributed by atoms with van der Waals surface area (Å²) in [5, 5.41) is 10.5. The van der Waals surface area contributed by atoms with E-state index in [0.717, 1.165) is 17.9 Å². The van der Waals surface area contributed by atoms with E-state index in [2.05, 4.69) is 0 Å². The number of fused-ring (bicyclic) bond motifs is 2. The lowest BCUT2D eigenvalue weighted by Gasteiger charge is -2.28. The van der Waals surface area contributed by atoms with Crippen LogP contribution in [0.15, 0.2) is 18.2 Å². The minimum Gasteiger partial charge on any atom is -0.481 e. The first kappa shape index (κ1) is 13.3. The number of benzene rings is 1. The van der Waals surface area contributed by atoms with Crippen LogP contribution in [0.2, 0.25) is 10.0 Å². The van der Waals surface area contributed by atoms with Crippen LogP contribution in [0.5, 0.6) is 0 Å². The van der Waals surface area contributed by atoms with Crippen LogP contribution >= 0.6 is 23.2 Å². The maximum Gasteiger partial charge on any atom is 0.311 e. The normalized spacial score (nSPS) is 30.5. The van der Waals surface area contributed by atoms with Crippen molar-refractivity contribution in [3.05, 3.63) is 33.8 Å². The Morgan fingerprint density at radius 3 is 2.53 bits per heavy atom. The fourth-order valence-electron chi connectivity index (χ4n) is 3.98. The van der Waals surface area contributed by atoms with Crippen LogP contribution in [0.4, 0.5) is 0 Å². The van der Waals surface area contributed by atoms with Gasteiger partial charge in [0, 0.05) is 0 Å². The quantitative estimate of drug-likeness (QED) is 0.885. The first-order valence-corrected chi connectivity index (χ1v) is 7.49. The van der Waals surface area contributed by atoms with Gasteiger partial charge in [-0.3, -0.25) is 4.79 Å². The van der Waals surface area contributed by atoms with E-state index in [0.29, 0.717) is 16.0 Å². The Kier molecular flexibility index (Phi) is 3.48. The highest BCUT2D eigenvalue weighted by Crippen LogP contribution is 2.53. The monoisotopic (exact) mass is 298 g/mol. The van der Waals surface area contributed by atoms with Crippen molar-refractivity contribution >= 4 is 29.2 Å². The van der Waals surface area contributed by atoms with Gasteiger partial charge >= 0.3 is 5.97 Å². The summed E-state index contributed by atoms with van der Waals surface area (Å²) in [6.45, 7) is 0. The van der Waals surface area contributed by atoms with Crippen molar-refractivity contribution in [1.29, 1.82) is 0 Å². The molecule has 0 aliphatic heterocycles. The van der Waals surface area contributed by atoms with Gasteiger partial charge in [0.15, 0.2) is 0 Å². The minimum absolute atomic E-state index is 0.258. The number of carboxylic acid groups (broad SMARTS) is 1. The highest BCUT2D eigenvalue weighted by Gasteiger charge is 2.45. The third-order valence-electron chi connectivity index (χ3n) is 4.79. The summed E-state index contributed by atoms with van der Waals surface area (Å²) in [7, 11) is 0. The van der Waals surface area contributed by atoms with Crippen molar-refractivity contribution in [2.45, 2.75) is 31.6 Å². The fraction of sp³-hybridized carbons (Fsp3) is 0.533. The zero-order valence-electron chi connectivity index (χ0n) is 10.5. The average Bonchev–Trinajstić information content (AvgIpc) is 2.96. The average molecular weight is 299 g/mol. The molecule has 1 aromatic rings. The van der Waals surface area contributed by atoms with Gasteiger partial charge in [0.1, 0.15) is 0 Å². The van der Waals surface area contributed by atoms with E-state index in [-0.39, 0.29) is 5.92 Å². The molecule has 0 saturated heterocycles. The molecule has 0 heterocycles. The van der Waals surface area contributed by atoms with Crippen molar-refractivity contribution in [2.75, 3.05) is 0 Å². The van der Waals surface area contributed by atoms with E-state index >= 15 is 0 Å². The number of hydrogen-bond acceptors (Lipinski definition) is 1. The summed E-state index contributed by atoms with van der Waals surface area (Å²) in [6.07, 6.45) is 4.70. The molecule has 2 aliphatic carbocycles. The molecule has 2 aliphatic rings. The first-order chi connectivity index (χ1) is 9.06. The van der Waals surface area contributed by atoms with Crippen LogP contribution in [0.1, 0.15) is 37.2 Å². The molecular formula is C15H16Cl2O2. The molecule has 2 saturated carbocycles. The number of rotatable bonds is 3. The third kappa shape index (κ3) is 2.36. The first-order valence-electron chi connectivity index (χ1n) is 6.74. The summed E-state index contributed by atoms with van der Waals surface area (Å²) < 4.78 is 0. The Labute approximate surface area is 122 Å². The Morgan fingerprint density at radius 2 is 2.00 bits per heavy atom. The van der Waals surface area contributed by atoms with Gasteiger partial charge in [-0.15, -0.1) is 0 Å². The second-order valence-electron chi connectivity index (χ2n) is 5.83. The third-order valence-corrected chi connectivity index (χ3v) is 5.53. The van der Waals surface area contributed by atoms with Gasteiger partial charge in [0.05, 0.1) is 16.0 Å². The molecule has 19 heavy (non-hydrogen) atoms. The Balaban J connectivity index is 1.92. The molecule has 3 rings (SSSR count). The van der Waals surface area contributed by atoms with Crippen LogP contribution in [0.3, 0.4) is 0 Å². The summed E-state index contributed by atoms with van der Waals surface area (Å²) in [6, 6.07) is 5.22. The Hall–Kier alpha value is -0.730. The molecule has 2 fully saturated rings. The maximum absolute atomic E-state index is 11.7. The van der Waals surface area contributed by atoms with Gasteiger partial charge in [0.25, 0.3) is 0 Å². The fourth-order valence-corrected chi connectivity index (χ4v) is 4.29. The highest BCUT2D eigenvalue weighted by atomic mass is 35.5. The molecule has 1 N–H and O–H groups in total. The SMILES string of the molecule is O=C(O)C(c1ccc(Cl)c(Cl)c1)C1CC2CCC1C2. The molecule has 0 aromatic heterocycles. The zero-order chi connectivity index (χ0) is 13.6. The summed E-state index contributed by atoms with van der Waals surface area (Å²) in [5.41, 5.74) is 0.791. The van der Waals surface area contributed by atoms with Crippen molar-refractivity contribution in [1.82, 2.24) is 0 Å². The lowest BCUT2D eigenvalue weighted by molar-refractivity contribution is -0.140. The predicted molar refractivity (Wildman–Crippen MR) is 75.8 cm³/mol. The van der Waals surface area contributed by atoms with Crippen molar-refractivity contribution in [3.8, 4) is 0 Å². The van der Waals surface area contributed by atoms with Crippen LogP contribution in [-0.2, 0) is 4.79 Å². The highest BCUT2D eigenvalue weighted by molar-refractivity contribution is 6.42. The maximum atomic E-state index is 11.7. The molecular weight excluding hydrogens is 283 g/mol. The summed E-state index contributed by atoms with van der Waals surface area (Å²) in [5.74, 6) is 0.384. The van der Waals surface area contributed by atoms with E-state index in [4.69, 9.17) is 23.2 Å². The zero-order valence-corrected chi connectivity index (χ0v) is 12.0. The van der Waals surface area contributed by atoms with E-state index in [1.165, 1.54) is 19.3 Å². The standard InChI is InChI=1S/C15H16Cl2O2/c16-12-4-3-10(7-13(12)17)14(15(18)19)11-6-8-1-2-9(11)5-8/h3-4,7-9,11,14H,1-2,5-6H2,(H,18,19).